The van der Waals surface area contributed by atoms with Crippen molar-refractivity contribution in [2.75, 3.05) is 13.1 Å². The van der Waals surface area contributed by atoms with Gasteiger partial charge in [0.25, 0.3) is 11.8 Å². The minimum absolute atomic E-state index is 0. The summed E-state index contributed by atoms with van der Waals surface area (Å²) in [5.74, 6) is 0.790. The number of ether oxygens (including phenoxy) is 1. The fourth-order valence-corrected chi connectivity index (χ4v) is 4.65. The molecule has 5 rings (SSSR count). The summed E-state index contributed by atoms with van der Waals surface area (Å²) in [6.45, 7) is 8.80. The average Bonchev–Trinajstić information content (AvgIpc) is 3.51. The molecule has 41 heavy (non-hydrogen) atoms. The Balaban J connectivity index is 0.00000158. The van der Waals surface area contributed by atoms with E-state index >= 15 is 0 Å². The van der Waals surface area contributed by atoms with Gasteiger partial charge in [-0.25, -0.2) is 0 Å². The highest BCUT2D eigenvalue weighted by Crippen LogP contribution is 2.32. The van der Waals surface area contributed by atoms with Gasteiger partial charge in [0.1, 0.15) is 17.1 Å². The van der Waals surface area contributed by atoms with E-state index in [0.29, 0.717) is 70.3 Å². The number of fused-ring (bicyclic) bond motifs is 1. The number of aromatic amines is 1. The minimum Gasteiger partial charge on any atom is -0.460 e. The fourth-order valence-electron chi connectivity index (χ4n) is 4.65. The summed E-state index contributed by atoms with van der Waals surface area (Å²) >= 11 is 0. The minimum atomic E-state index is -0.226. The first-order chi connectivity index (χ1) is 19.9. The number of amides is 2. The van der Waals surface area contributed by atoms with E-state index in [9.17, 15) is 9.59 Å². The molecule has 1 aliphatic rings. The molecule has 3 N–H and O–H groups in total. The van der Waals surface area contributed by atoms with Crippen molar-refractivity contribution in [3.05, 3.63) is 94.5 Å². The van der Waals surface area contributed by atoms with Crippen LogP contribution in [0.5, 0.6) is 5.75 Å². The van der Waals surface area contributed by atoms with Crippen LogP contribution in [0.4, 0.5) is 0 Å². The number of carbonyl (C=O) groups excluding carboxylic acids is 2. The molecule has 4 aromatic rings. The monoisotopic (exact) mass is 553 g/mol. The molecule has 9 heteroatoms. The van der Waals surface area contributed by atoms with E-state index in [1.165, 1.54) is 6.08 Å². The van der Waals surface area contributed by atoms with Crippen LogP contribution in [0.15, 0.2) is 65.2 Å². The molecule has 1 fully saturated rings. The van der Waals surface area contributed by atoms with Crippen LogP contribution in [-0.4, -0.2) is 41.0 Å². The van der Waals surface area contributed by atoms with Crippen molar-refractivity contribution < 1.29 is 20.2 Å². The van der Waals surface area contributed by atoms with Crippen molar-refractivity contribution in [2.45, 2.75) is 34.2 Å². The van der Waals surface area contributed by atoms with Gasteiger partial charge in [0, 0.05) is 51.0 Å². The average molecular weight is 554 g/mol. The van der Waals surface area contributed by atoms with Crippen molar-refractivity contribution >= 4 is 34.8 Å². The predicted octanol–water partition coefficient (Wildman–Crippen LogP) is 6.24. The quantitative estimate of drug-likeness (QED) is 0.175. The fraction of sp³-hybridized carbons (Fsp3) is 0.250. The van der Waals surface area contributed by atoms with Gasteiger partial charge in [0.05, 0.1) is 28.8 Å². The second-order valence-corrected chi connectivity index (χ2v) is 9.40. The number of H-pyrrole nitrogens is 1. The van der Waals surface area contributed by atoms with Gasteiger partial charge in [-0.3, -0.25) is 9.59 Å². The molecule has 0 spiro atoms. The van der Waals surface area contributed by atoms with Crippen LogP contribution >= 0.6 is 0 Å². The number of nitrogens with one attached hydrogen (secondary N) is 3. The number of hydrogen-bond acceptors (Lipinski definition) is 6. The standard InChI is InChI=1S/C30H27N5O4.C2H6.H2/c1-18-24(30(37)35-16-21(13-32)17-35)15-33-28(18)25(10-11-31)39-22-8-9-23-26(12-22)38-19(2)27(23)29(36)34-14-20-6-4-3-5-7-20;1-2;/h3-12,15,21,31,33H,14,16-17H2,1-2H3,(H,34,36);1-2H3;1H/b25-10+,31-11?;;. The smallest absolute Gasteiger partial charge is 0.255 e. The molecule has 2 aromatic heterocycles. The van der Waals surface area contributed by atoms with Crippen LogP contribution in [0.25, 0.3) is 16.7 Å². The van der Waals surface area contributed by atoms with E-state index in [-0.39, 0.29) is 19.2 Å². The van der Waals surface area contributed by atoms with E-state index in [0.717, 1.165) is 11.8 Å². The summed E-state index contributed by atoms with van der Waals surface area (Å²) in [5, 5.41) is 20.2. The highest BCUT2D eigenvalue weighted by atomic mass is 16.5. The summed E-state index contributed by atoms with van der Waals surface area (Å²) in [5.41, 5.74) is 3.70. The molecule has 0 aliphatic carbocycles. The first-order valence-corrected chi connectivity index (χ1v) is 13.5. The molecule has 212 valence electrons. The number of allylic oxidation sites excluding steroid dienone is 1. The normalized spacial score (nSPS) is 13.0. The highest BCUT2D eigenvalue weighted by molar-refractivity contribution is 6.07. The summed E-state index contributed by atoms with van der Waals surface area (Å²) in [6, 6.07) is 17.0. The number of rotatable bonds is 8. The van der Waals surface area contributed by atoms with Gasteiger partial charge in [-0.05, 0) is 37.1 Å². The number of nitriles is 1. The molecule has 1 saturated heterocycles. The molecule has 3 heterocycles. The molecule has 0 saturated carbocycles. The van der Waals surface area contributed by atoms with Crippen molar-refractivity contribution in [1.29, 1.82) is 10.7 Å². The van der Waals surface area contributed by atoms with Crippen molar-refractivity contribution in [1.82, 2.24) is 15.2 Å². The van der Waals surface area contributed by atoms with Crippen LogP contribution in [0.1, 0.15) is 58.6 Å². The van der Waals surface area contributed by atoms with Gasteiger partial charge in [-0.1, -0.05) is 44.2 Å². The van der Waals surface area contributed by atoms with Crippen LogP contribution in [0, 0.1) is 36.5 Å². The zero-order chi connectivity index (χ0) is 29.5. The van der Waals surface area contributed by atoms with Gasteiger partial charge >= 0.3 is 0 Å². The number of benzene rings is 2. The number of likely N-dealkylation sites (tertiary alicyclic amines) is 1. The lowest BCUT2D eigenvalue weighted by Gasteiger charge is -2.35. The Kier molecular flexibility index (Phi) is 9.05. The Labute approximate surface area is 240 Å². The maximum Gasteiger partial charge on any atom is 0.255 e. The molecule has 0 bridgehead atoms. The number of nitrogens with zero attached hydrogens (tertiary/aromatic N) is 2. The Bertz CT molecular complexity index is 1640. The van der Waals surface area contributed by atoms with E-state index < -0.39 is 0 Å². The third-order valence-electron chi connectivity index (χ3n) is 6.79. The second-order valence-electron chi connectivity index (χ2n) is 9.40. The first-order valence-electron chi connectivity index (χ1n) is 13.5. The first kappa shape index (κ1) is 28.9. The summed E-state index contributed by atoms with van der Waals surface area (Å²) in [4.78, 5) is 30.6. The van der Waals surface area contributed by atoms with E-state index in [1.807, 2.05) is 44.2 Å². The Morgan fingerprint density at radius 2 is 1.95 bits per heavy atom. The molecule has 2 aromatic carbocycles. The summed E-state index contributed by atoms with van der Waals surface area (Å²) in [7, 11) is 0. The number of aryl methyl sites for hydroxylation is 1. The van der Waals surface area contributed by atoms with E-state index in [1.54, 1.807) is 43.1 Å². The summed E-state index contributed by atoms with van der Waals surface area (Å²) in [6.07, 6.45) is 4.21. The Hall–Kier alpha value is -5.10. The van der Waals surface area contributed by atoms with Crippen molar-refractivity contribution in [3.8, 4) is 11.8 Å². The largest absolute Gasteiger partial charge is 0.460 e. The molecule has 0 atom stereocenters. The van der Waals surface area contributed by atoms with E-state index in [2.05, 4.69) is 16.4 Å². The molecule has 1 aliphatic heterocycles. The second kappa shape index (κ2) is 12.8. The highest BCUT2D eigenvalue weighted by Gasteiger charge is 2.32. The number of carbonyl (C=O) groups is 2. The van der Waals surface area contributed by atoms with Gasteiger partial charge in [0.15, 0.2) is 5.76 Å². The van der Waals surface area contributed by atoms with Gasteiger partial charge in [0.2, 0.25) is 0 Å². The van der Waals surface area contributed by atoms with E-state index in [4.69, 9.17) is 19.8 Å². The molecular weight excluding hydrogens is 518 g/mol. The SMILES string of the molecule is CC.Cc1oc2cc(O/C(=C/C=N)c3[nH]cc(C(=O)N4CC(C#N)C4)c3C)ccc2c1C(=O)NCc1ccccc1.[HH]. The maximum absolute atomic E-state index is 13.0. The van der Waals surface area contributed by atoms with Crippen molar-refractivity contribution in [2.24, 2.45) is 5.92 Å². The maximum atomic E-state index is 13.0. The van der Waals surface area contributed by atoms with Gasteiger partial charge in [-0.15, -0.1) is 0 Å². The Morgan fingerprint density at radius 3 is 2.63 bits per heavy atom. The lowest BCUT2D eigenvalue weighted by molar-refractivity contribution is 0.0576. The van der Waals surface area contributed by atoms with Crippen LogP contribution in [0.2, 0.25) is 0 Å². The summed E-state index contributed by atoms with van der Waals surface area (Å²) < 4.78 is 12.0. The third kappa shape index (κ3) is 6.07. The lowest BCUT2D eigenvalue weighted by atomic mass is 10.00. The topological polar surface area (TPSA) is 135 Å². The van der Waals surface area contributed by atoms with Gasteiger partial charge < -0.3 is 29.8 Å². The molecule has 9 nitrogen and oxygen atoms in total. The number of aromatic nitrogens is 1. The third-order valence-corrected chi connectivity index (χ3v) is 6.79. The molecule has 0 unspecified atom stereocenters. The predicted molar refractivity (Wildman–Crippen MR) is 160 cm³/mol. The lowest BCUT2D eigenvalue weighted by Crippen LogP contribution is -2.49. The van der Waals surface area contributed by atoms with Crippen molar-refractivity contribution in [3.63, 3.8) is 0 Å². The Morgan fingerprint density at radius 1 is 1.22 bits per heavy atom. The zero-order valence-corrected chi connectivity index (χ0v) is 23.6. The number of hydrogen-bond donors (Lipinski definition) is 3. The number of furan rings is 1. The van der Waals surface area contributed by atoms with Crippen LogP contribution < -0.4 is 10.1 Å². The molecule has 2 amide bonds. The molecule has 0 radical (unpaired) electrons. The van der Waals surface area contributed by atoms with Crippen LogP contribution in [0.3, 0.4) is 0 Å². The molecular formula is C32H35N5O4. The van der Waals surface area contributed by atoms with Crippen LogP contribution in [-0.2, 0) is 6.54 Å². The zero-order valence-electron chi connectivity index (χ0n) is 23.6. The van der Waals surface area contributed by atoms with Gasteiger partial charge in [-0.2, -0.15) is 5.26 Å².